The van der Waals surface area contributed by atoms with Crippen molar-refractivity contribution in [2.75, 3.05) is 61.2 Å². The number of hydrogen-bond acceptors (Lipinski definition) is 7. The Morgan fingerprint density at radius 3 is 2.42 bits per heavy atom. The highest BCUT2D eigenvalue weighted by Crippen LogP contribution is 2.34. The maximum absolute atomic E-state index is 5.53. The Morgan fingerprint density at radius 1 is 1.10 bits per heavy atom. The molecular formula is C22H32N4O4S. The van der Waals surface area contributed by atoms with Crippen LogP contribution in [0.5, 0.6) is 17.2 Å². The lowest BCUT2D eigenvalue weighted by Gasteiger charge is -2.34. The van der Waals surface area contributed by atoms with E-state index in [1.165, 1.54) is 4.88 Å². The third-order valence-electron chi connectivity index (χ3n) is 5.28. The minimum absolute atomic E-state index is 0.276. The molecule has 170 valence electrons. The molecule has 1 aromatic heterocycles. The van der Waals surface area contributed by atoms with E-state index in [1.807, 2.05) is 12.1 Å². The van der Waals surface area contributed by atoms with E-state index in [0.29, 0.717) is 18.0 Å². The number of nitrogens with zero attached hydrogens (tertiary/aromatic N) is 2. The third kappa shape index (κ3) is 6.03. The number of rotatable bonds is 9. The summed E-state index contributed by atoms with van der Waals surface area (Å²) in [5, 5.41) is 8.98. The van der Waals surface area contributed by atoms with E-state index in [0.717, 1.165) is 50.1 Å². The van der Waals surface area contributed by atoms with Gasteiger partial charge in [-0.15, -0.1) is 11.3 Å². The van der Waals surface area contributed by atoms with Crippen molar-refractivity contribution < 1.29 is 18.9 Å². The van der Waals surface area contributed by atoms with Crippen molar-refractivity contribution in [3.05, 3.63) is 40.1 Å². The summed E-state index contributed by atoms with van der Waals surface area (Å²) in [4.78, 5) is 8.20. The Kier molecular flexibility index (Phi) is 8.81. The average molecular weight is 449 g/mol. The van der Waals surface area contributed by atoms with Gasteiger partial charge in [0.1, 0.15) is 5.75 Å². The molecule has 0 spiro atoms. The van der Waals surface area contributed by atoms with Crippen molar-refractivity contribution in [1.29, 1.82) is 0 Å². The van der Waals surface area contributed by atoms with Crippen LogP contribution in [0.25, 0.3) is 0 Å². The molecule has 1 aliphatic heterocycles. The van der Waals surface area contributed by atoms with E-state index in [9.17, 15) is 0 Å². The lowest BCUT2D eigenvalue weighted by atomic mass is 10.1. The molecule has 0 saturated carbocycles. The van der Waals surface area contributed by atoms with Crippen LogP contribution in [0, 0.1) is 0 Å². The minimum atomic E-state index is 0.276. The van der Waals surface area contributed by atoms with E-state index >= 15 is 0 Å². The summed E-state index contributed by atoms with van der Waals surface area (Å²) in [7, 11) is 6.65. The number of thiophene rings is 1. The van der Waals surface area contributed by atoms with Crippen LogP contribution < -0.4 is 24.8 Å². The average Bonchev–Trinajstić information content (AvgIpc) is 3.35. The van der Waals surface area contributed by atoms with Crippen molar-refractivity contribution in [3.8, 4) is 17.2 Å². The van der Waals surface area contributed by atoms with Crippen LogP contribution >= 0.6 is 11.3 Å². The predicted molar refractivity (Wildman–Crippen MR) is 124 cm³/mol. The Labute approximate surface area is 188 Å². The molecule has 2 aromatic rings. The van der Waals surface area contributed by atoms with Gasteiger partial charge >= 0.3 is 0 Å². The van der Waals surface area contributed by atoms with Gasteiger partial charge in [0.05, 0.1) is 40.6 Å². The molecule has 3 rings (SSSR count). The van der Waals surface area contributed by atoms with Gasteiger partial charge in [-0.1, -0.05) is 6.07 Å². The summed E-state index contributed by atoms with van der Waals surface area (Å²) in [5.41, 5.74) is 0.950. The summed E-state index contributed by atoms with van der Waals surface area (Å²) >= 11 is 1.78. The molecule has 2 heterocycles. The Hall–Kier alpha value is -2.49. The lowest BCUT2D eigenvalue weighted by Crippen LogP contribution is -2.46. The van der Waals surface area contributed by atoms with Crippen molar-refractivity contribution in [2.24, 2.45) is 4.99 Å². The molecule has 1 saturated heterocycles. The van der Waals surface area contributed by atoms with Crippen LogP contribution in [0.4, 0.5) is 0 Å². The quantitative estimate of drug-likeness (QED) is 0.451. The highest BCUT2D eigenvalue weighted by molar-refractivity contribution is 7.10. The normalized spacial score (nSPS) is 15.9. The zero-order chi connectivity index (χ0) is 22.1. The number of hydrogen-bond donors (Lipinski definition) is 2. The zero-order valence-electron chi connectivity index (χ0n) is 18.6. The van der Waals surface area contributed by atoms with E-state index < -0.39 is 0 Å². The number of guanidine groups is 1. The molecule has 0 radical (unpaired) electrons. The number of aliphatic imine (C=N–C) groups is 1. The molecular weight excluding hydrogens is 416 g/mol. The minimum Gasteiger partial charge on any atom is -0.496 e. The first kappa shape index (κ1) is 23.2. The molecule has 1 fully saturated rings. The fourth-order valence-corrected chi connectivity index (χ4v) is 4.46. The molecule has 1 aliphatic rings. The van der Waals surface area contributed by atoms with Crippen molar-refractivity contribution in [1.82, 2.24) is 15.5 Å². The molecule has 9 heteroatoms. The maximum Gasteiger partial charge on any atom is 0.191 e. The van der Waals surface area contributed by atoms with Crippen molar-refractivity contribution in [2.45, 2.75) is 12.6 Å². The molecule has 1 unspecified atom stereocenters. The molecule has 2 N–H and O–H groups in total. The van der Waals surface area contributed by atoms with Gasteiger partial charge in [-0.3, -0.25) is 9.89 Å². The molecule has 0 bridgehead atoms. The standard InChI is InChI=1S/C22H32N4O4S/c1-23-22(24-14-16-12-19(28-3)20(29-4)13-18(16)27-2)25-15-17(21-6-5-11-31-21)26-7-9-30-10-8-26/h5-6,11-13,17H,7-10,14-15H2,1-4H3,(H2,23,24,25). The van der Waals surface area contributed by atoms with Crippen LogP contribution in [0.3, 0.4) is 0 Å². The topological polar surface area (TPSA) is 76.6 Å². The molecule has 31 heavy (non-hydrogen) atoms. The molecule has 0 amide bonds. The van der Waals surface area contributed by atoms with Crippen molar-refractivity contribution >= 4 is 17.3 Å². The van der Waals surface area contributed by atoms with Gasteiger partial charge in [-0.25, -0.2) is 0 Å². The number of nitrogens with one attached hydrogen (secondary N) is 2. The van der Waals surface area contributed by atoms with Crippen LogP contribution in [0.15, 0.2) is 34.6 Å². The second kappa shape index (κ2) is 11.8. The molecule has 1 atom stereocenters. The summed E-state index contributed by atoms with van der Waals surface area (Å²) in [5.74, 6) is 2.75. The van der Waals surface area contributed by atoms with Gasteiger partial charge in [0.2, 0.25) is 0 Å². The van der Waals surface area contributed by atoms with Gasteiger partial charge in [-0.2, -0.15) is 0 Å². The number of benzene rings is 1. The van der Waals surface area contributed by atoms with Crippen LogP contribution in [-0.2, 0) is 11.3 Å². The van der Waals surface area contributed by atoms with E-state index in [2.05, 4.69) is 38.0 Å². The highest BCUT2D eigenvalue weighted by Gasteiger charge is 2.23. The molecule has 1 aromatic carbocycles. The lowest BCUT2D eigenvalue weighted by molar-refractivity contribution is 0.0177. The monoisotopic (exact) mass is 448 g/mol. The first-order valence-corrected chi connectivity index (χ1v) is 11.2. The van der Waals surface area contributed by atoms with Gasteiger partial charge < -0.3 is 29.6 Å². The van der Waals surface area contributed by atoms with E-state index in [1.54, 1.807) is 39.7 Å². The number of ether oxygens (including phenoxy) is 4. The second-order valence-electron chi connectivity index (χ2n) is 7.01. The molecule has 0 aliphatic carbocycles. The highest BCUT2D eigenvalue weighted by atomic mass is 32.1. The fraction of sp³-hybridized carbons (Fsp3) is 0.500. The smallest absolute Gasteiger partial charge is 0.191 e. The van der Waals surface area contributed by atoms with Gasteiger partial charge in [0, 0.05) is 49.7 Å². The van der Waals surface area contributed by atoms with Crippen LogP contribution in [0.1, 0.15) is 16.5 Å². The molecule has 8 nitrogen and oxygen atoms in total. The Balaban J connectivity index is 1.65. The van der Waals surface area contributed by atoms with Crippen LogP contribution in [0.2, 0.25) is 0 Å². The van der Waals surface area contributed by atoms with E-state index in [4.69, 9.17) is 18.9 Å². The summed E-state index contributed by atoms with van der Waals surface area (Å²) in [6.07, 6.45) is 0. The summed E-state index contributed by atoms with van der Waals surface area (Å²) in [6.45, 7) is 4.69. The summed E-state index contributed by atoms with van der Waals surface area (Å²) in [6, 6.07) is 8.32. The van der Waals surface area contributed by atoms with Crippen molar-refractivity contribution in [3.63, 3.8) is 0 Å². The number of methoxy groups -OCH3 is 3. The zero-order valence-corrected chi connectivity index (χ0v) is 19.5. The number of morpholine rings is 1. The first-order chi connectivity index (χ1) is 15.2. The largest absolute Gasteiger partial charge is 0.496 e. The second-order valence-corrected chi connectivity index (χ2v) is 7.98. The van der Waals surface area contributed by atoms with Gasteiger partial charge in [0.25, 0.3) is 0 Å². The van der Waals surface area contributed by atoms with E-state index in [-0.39, 0.29) is 6.04 Å². The maximum atomic E-state index is 5.53. The van der Waals surface area contributed by atoms with Gasteiger partial charge in [0.15, 0.2) is 17.5 Å². The third-order valence-corrected chi connectivity index (χ3v) is 6.25. The fourth-order valence-electron chi connectivity index (χ4n) is 3.60. The summed E-state index contributed by atoms with van der Waals surface area (Å²) < 4.78 is 21.9. The van der Waals surface area contributed by atoms with Gasteiger partial charge in [-0.05, 0) is 17.5 Å². The Bertz CT molecular complexity index is 838. The predicted octanol–water partition coefficient (Wildman–Crippen LogP) is 2.51. The first-order valence-electron chi connectivity index (χ1n) is 10.3. The Morgan fingerprint density at radius 2 is 1.81 bits per heavy atom. The SMILES string of the molecule is CN=C(NCc1cc(OC)c(OC)cc1OC)NCC(c1cccs1)N1CCOCC1. The van der Waals surface area contributed by atoms with Crippen LogP contribution in [-0.4, -0.2) is 72.1 Å².